The van der Waals surface area contributed by atoms with Crippen LogP contribution in [0.5, 0.6) is 0 Å². The highest BCUT2D eigenvalue weighted by Gasteiger charge is 2.14. The first-order valence-electron chi connectivity index (χ1n) is 5.88. The number of rotatable bonds is 5. The molecule has 2 rings (SSSR count). The summed E-state index contributed by atoms with van der Waals surface area (Å²) >= 11 is 5.62. The van der Waals surface area contributed by atoms with Gasteiger partial charge in [-0.2, -0.15) is 0 Å². The first-order chi connectivity index (χ1) is 9.87. The van der Waals surface area contributed by atoms with Gasteiger partial charge in [0.05, 0.1) is 6.42 Å². The average molecular weight is 326 g/mol. The fourth-order valence-electron chi connectivity index (χ4n) is 1.63. The summed E-state index contributed by atoms with van der Waals surface area (Å²) in [5.74, 6) is -0.449. The summed E-state index contributed by atoms with van der Waals surface area (Å²) in [6, 6.07) is 9.12. The molecule has 6 nitrogen and oxygen atoms in total. The third-order valence-electron chi connectivity index (χ3n) is 2.60. The number of hydrogen-bond donors (Lipinski definition) is 2. The summed E-state index contributed by atoms with van der Waals surface area (Å²) in [7, 11) is -3.73. The van der Waals surface area contributed by atoms with E-state index in [1.54, 1.807) is 24.3 Å². The van der Waals surface area contributed by atoms with E-state index in [4.69, 9.17) is 17.3 Å². The SMILES string of the molecule is NC(=O)Cc1ccc(NS(=O)(=O)c2ccc(Cl)nc2)cc1. The first-order valence-corrected chi connectivity index (χ1v) is 7.74. The fraction of sp³-hybridized carbons (Fsp3) is 0.0769. The van der Waals surface area contributed by atoms with Gasteiger partial charge in [0.1, 0.15) is 10.0 Å². The van der Waals surface area contributed by atoms with Crippen LogP contribution in [0.3, 0.4) is 0 Å². The smallest absolute Gasteiger partial charge is 0.263 e. The van der Waals surface area contributed by atoms with Crippen LogP contribution in [0.15, 0.2) is 47.5 Å². The summed E-state index contributed by atoms with van der Waals surface area (Å²) in [5, 5.41) is 0.213. The lowest BCUT2D eigenvalue weighted by atomic mass is 10.1. The lowest BCUT2D eigenvalue weighted by molar-refractivity contribution is -0.117. The van der Waals surface area contributed by atoms with Crippen LogP contribution in [-0.2, 0) is 21.2 Å². The second kappa shape index (κ2) is 6.11. The maximum absolute atomic E-state index is 12.1. The van der Waals surface area contributed by atoms with Gasteiger partial charge in [0.25, 0.3) is 10.0 Å². The number of carbonyl (C=O) groups is 1. The Morgan fingerprint density at radius 3 is 2.38 bits per heavy atom. The van der Waals surface area contributed by atoms with Crippen LogP contribution in [-0.4, -0.2) is 19.3 Å². The molecule has 3 N–H and O–H groups in total. The zero-order valence-electron chi connectivity index (χ0n) is 10.8. The van der Waals surface area contributed by atoms with E-state index in [-0.39, 0.29) is 16.5 Å². The number of sulfonamides is 1. The number of anilines is 1. The van der Waals surface area contributed by atoms with Crippen molar-refractivity contribution in [3.63, 3.8) is 0 Å². The number of benzene rings is 1. The molecule has 0 spiro atoms. The Hall–Kier alpha value is -2.12. The van der Waals surface area contributed by atoms with Gasteiger partial charge in [0.2, 0.25) is 5.91 Å². The quantitative estimate of drug-likeness (QED) is 0.814. The second-order valence-electron chi connectivity index (χ2n) is 4.26. The van der Waals surface area contributed by atoms with Crippen LogP contribution in [0.4, 0.5) is 5.69 Å². The van der Waals surface area contributed by atoms with E-state index in [2.05, 4.69) is 9.71 Å². The van der Waals surface area contributed by atoms with Gasteiger partial charge >= 0.3 is 0 Å². The number of aromatic nitrogens is 1. The number of hydrogen-bond acceptors (Lipinski definition) is 4. The van der Waals surface area contributed by atoms with Crippen molar-refractivity contribution in [3.8, 4) is 0 Å². The van der Waals surface area contributed by atoms with Crippen LogP contribution in [0.2, 0.25) is 5.15 Å². The van der Waals surface area contributed by atoms with Crippen molar-refractivity contribution in [3.05, 3.63) is 53.3 Å². The Balaban J connectivity index is 2.16. The molecule has 1 aromatic carbocycles. The fourth-order valence-corrected chi connectivity index (χ4v) is 2.74. The number of amides is 1. The van der Waals surface area contributed by atoms with Gasteiger partial charge in [-0.1, -0.05) is 23.7 Å². The van der Waals surface area contributed by atoms with Gasteiger partial charge in [0.15, 0.2) is 0 Å². The molecule has 0 radical (unpaired) electrons. The predicted molar refractivity (Wildman–Crippen MR) is 79.4 cm³/mol. The minimum absolute atomic E-state index is 0.00751. The molecule has 0 fully saturated rings. The van der Waals surface area contributed by atoms with E-state index in [0.29, 0.717) is 11.3 Å². The zero-order valence-corrected chi connectivity index (χ0v) is 12.4. The van der Waals surface area contributed by atoms with Gasteiger partial charge in [-0.25, -0.2) is 13.4 Å². The third-order valence-corrected chi connectivity index (χ3v) is 4.19. The molecule has 1 aromatic heterocycles. The van der Waals surface area contributed by atoms with Gasteiger partial charge < -0.3 is 5.73 Å². The van der Waals surface area contributed by atoms with Gasteiger partial charge in [-0.05, 0) is 29.8 Å². The molecule has 0 bridgehead atoms. The van der Waals surface area contributed by atoms with Crippen molar-refractivity contribution in [2.45, 2.75) is 11.3 Å². The summed E-state index contributed by atoms with van der Waals surface area (Å²) in [4.78, 5) is 14.5. The molecule has 1 heterocycles. The molecule has 0 aliphatic rings. The third kappa shape index (κ3) is 4.17. The molecular weight excluding hydrogens is 314 g/mol. The molecule has 0 saturated heterocycles. The number of carbonyl (C=O) groups excluding carboxylic acids is 1. The lowest BCUT2D eigenvalue weighted by Gasteiger charge is -2.08. The Morgan fingerprint density at radius 2 is 1.86 bits per heavy atom. The molecule has 8 heteroatoms. The second-order valence-corrected chi connectivity index (χ2v) is 6.33. The summed E-state index contributed by atoms with van der Waals surface area (Å²) in [6.45, 7) is 0. The molecule has 0 unspecified atom stereocenters. The maximum Gasteiger partial charge on any atom is 0.263 e. The molecular formula is C13H12ClN3O3S. The molecule has 0 saturated carbocycles. The number of nitrogens with zero attached hydrogens (tertiary/aromatic N) is 1. The molecule has 0 aliphatic carbocycles. The van der Waals surface area contributed by atoms with Crippen LogP contribution in [0, 0.1) is 0 Å². The normalized spacial score (nSPS) is 11.1. The van der Waals surface area contributed by atoms with E-state index in [1.165, 1.54) is 18.3 Å². The van der Waals surface area contributed by atoms with E-state index in [0.717, 1.165) is 0 Å². The van der Waals surface area contributed by atoms with Gasteiger partial charge in [0, 0.05) is 11.9 Å². The Morgan fingerprint density at radius 1 is 1.19 bits per heavy atom. The molecule has 110 valence electrons. The minimum Gasteiger partial charge on any atom is -0.369 e. The highest BCUT2D eigenvalue weighted by Crippen LogP contribution is 2.17. The number of halogens is 1. The largest absolute Gasteiger partial charge is 0.369 e. The summed E-state index contributed by atoms with van der Waals surface area (Å²) in [5.41, 5.74) is 6.16. The van der Waals surface area contributed by atoms with E-state index >= 15 is 0 Å². The predicted octanol–water partition coefficient (Wildman–Crippen LogP) is 1.56. The molecule has 21 heavy (non-hydrogen) atoms. The molecule has 2 aromatic rings. The van der Waals surface area contributed by atoms with Crippen LogP contribution in [0.25, 0.3) is 0 Å². The van der Waals surface area contributed by atoms with Crippen molar-refractivity contribution < 1.29 is 13.2 Å². The van der Waals surface area contributed by atoms with Crippen molar-refractivity contribution in [2.24, 2.45) is 5.73 Å². The zero-order chi connectivity index (χ0) is 15.5. The Labute approximate surface area is 127 Å². The van der Waals surface area contributed by atoms with Gasteiger partial charge in [-0.15, -0.1) is 0 Å². The van der Waals surface area contributed by atoms with E-state index < -0.39 is 15.9 Å². The van der Waals surface area contributed by atoms with Crippen LogP contribution >= 0.6 is 11.6 Å². The topological polar surface area (TPSA) is 102 Å². The standard InChI is InChI=1S/C13H12ClN3O3S/c14-12-6-5-11(8-16-12)21(19,20)17-10-3-1-9(2-4-10)7-13(15)18/h1-6,8,17H,7H2,(H2,15,18). The number of nitrogens with one attached hydrogen (secondary N) is 1. The summed E-state index contributed by atoms with van der Waals surface area (Å²) < 4.78 is 26.6. The van der Waals surface area contributed by atoms with Crippen molar-refractivity contribution in [1.29, 1.82) is 0 Å². The van der Waals surface area contributed by atoms with Crippen molar-refractivity contribution >= 4 is 33.2 Å². The highest BCUT2D eigenvalue weighted by atomic mass is 35.5. The number of nitrogens with two attached hydrogens (primary N) is 1. The Bertz CT molecular complexity index is 743. The molecule has 0 aliphatic heterocycles. The average Bonchev–Trinajstić information content (AvgIpc) is 2.40. The first kappa shape index (κ1) is 15.3. The van der Waals surface area contributed by atoms with Crippen molar-refractivity contribution in [2.75, 3.05) is 4.72 Å². The monoisotopic (exact) mass is 325 g/mol. The molecule has 1 amide bonds. The molecule has 0 atom stereocenters. The van der Waals surface area contributed by atoms with E-state index in [9.17, 15) is 13.2 Å². The highest BCUT2D eigenvalue weighted by molar-refractivity contribution is 7.92. The van der Waals surface area contributed by atoms with Crippen LogP contribution < -0.4 is 10.5 Å². The number of pyridine rings is 1. The maximum atomic E-state index is 12.1. The van der Waals surface area contributed by atoms with Crippen molar-refractivity contribution in [1.82, 2.24) is 4.98 Å². The summed E-state index contributed by atoms with van der Waals surface area (Å²) in [6.07, 6.45) is 1.28. The van der Waals surface area contributed by atoms with Gasteiger partial charge in [-0.3, -0.25) is 9.52 Å². The van der Waals surface area contributed by atoms with Crippen LogP contribution in [0.1, 0.15) is 5.56 Å². The Kier molecular flexibility index (Phi) is 4.44. The minimum atomic E-state index is -3.73. The lowest BCUT2D eigenvalue weighted by Crippen LogP contribution is -2.14. The number of primary amides is 1. The van der Waals surface area contributed by atoms with E-state index in [1.807, 2.05) is 0 Å².